The number of ether oxygens (including phenoxy) is 2. The van der Waals surface area contributed by atoms with Crippen LogP contribution in [0.2, 0.25) is 0 Å². The standard InChI is InChI=1S/C18H31NO3S.C8H18.C2H6O/c1-13(17(3,4)12-20)11-14(2)19-16(21)18(5,6)23-15-7-9-22-10-8-15;1-3-5-7-8-6-4-2;1-3-2/h11,15,20H,1,7-10,12H2,2-6H3,(H,19,21);3-8H2,1-2H3;1-2H3/b14-11+;;. The molecule has 0 aromatic rings. The molecular weight excluding hydrogens is 446 g/mol. The van der Waals surface area contributed by atoms with Gasteiger partial charge in [0.05, 0.1) is 11.4 Å². The van der Waals surface area contributed by atoms with Gasteiger partial charge in [0.15, 0.2) is 0 Å². The molecule has 202 valence electrons. The lowest BCUT2D eigenvalue weighted by Crippen LogP contribution is -2.41. The summed E-state index contributed by atoms with van der Waals surface area (Å²) in [6.45, 7) is 19.7. The van der Waals surface area contributed by atoms with Gasteiger partial charge in [-0.2, -0.15) is 0 Å². The van der Waals surface area contributed by atoms with Gasteiger partial charge in [0.2, 0.25) is 5.91 Å². The quantitative estimate of drug-likeness (QED) is 0.225. The van der Waals surface area contributed by atoms with Crippen molar-refractivity contribution < 1.29 is 19.4 Å². The fourth-order valence-corrected chi connectivity index (χ4v) is 4.46. The number of nitrogens with one attached hydrogen (secondary N) is 1. The first kappa shape index (κ1) is 35.3. The summed E-state index contributed by atoms with van der Waals surface area (Å²) in [5.74, 6) is -0.00246. The minimum absolute atomic E-state index is 0.00246. The Kier molecular flexibility index (Phi) is 21.2. The van der Waals surface area contributed by atoms with Crippen molar-refractivity contribution >= 4 is 17.7 Å². The lowest BCUT2D eigenvalue weighted by atomic mass is 9.85. The van der Waals surface area contributed by atoms with Crippen molar-refractivity contribution in [1.82, 2.24) is 5.32 Å². The number of rotatable bonds is 12. The predicted octanol–water partition coefficient (Wildman–Crippen LogP) is 6.90. The van der Waals surface area contributed by atoms with Gasteiger partial charge in [0.25, 0.3) is 0 Å². The Bertz CT molecular complexity index is 561. The predicted molar refractivity (Wildman–Crippen MR) is 149 cm³/mol. The van der Waals surface area contributed by atoms with E-state index in [2.05, 4.69) is 30.5 Å². The highest BCUT2D eigenvalue weighted by molar-refractivity contribution is 8.01. The van der Waals surface area contributed by atoms with Crippen molar-refractivity contribution in [3.8, 4) is 0 Å². The fraction of sp³-hybridized carbons (Fsp3) is 0.821. The first-order chi connectivity index (χ1) is 15.9. The van der Waals surface area contributed by atoms with Gasteiger partial charge in [-0.25, -0.2) is 0 Å². The minimum atomic E-state index is -0.495. The SMILES string of the molecule is C=C(/C=C(\C)NC(=O)C(C)(C)SC1CCOCC1)C(C)(C)CO.CCCCCCCC.COC. The number of unbranched alkanes of at least 4 members (excludes halogenated alkanes) is 5. The second-order valence-electron chi connectivity index (χ2n) is 10.1. The van der Waals surface area contributed by atoms with Crippen LogP contribution in [-0.2, 0) is 14.3 Å². The molecule has 0 aromatic heterocycles. The molecule has 1 fully saturated rings. The zero-order valence-electron chi connectivity index (χ0n) is 23.7. The number of amides is 1. The van der Waals surface area contributed by atoms with Crippen LogP contribution in [0.15, 0.2) is 23.9 Å². The van der Waals surface area contributed by atoms with Gasteiger partial charge in [-0.05, 0) is 45.3 Å². The van der Waals surface area contributed by atoms with Crippen LogP contribution in [0, 0.1) is 5.41 Å². The second kappa shape index (κ2) is 20.4. The molecule has 0 unspecified atom stereocenters. The Morgan fingerprint density at radius 2 is 1.56 bits per heavy atom. The molecule has 0 saturated carbocycles. The summed E-state index contributed by atoms with van der Waals surface area (Å²) in [5.41, 5.74) is 1.16. The van der Waals surface area contributed by atoms with E-state index in [4.69, 9.17) is 4.74 Å². The summed E-state index contributed by atoms with van der Waals surface area (Å²) in [4.78, 5) is 12.6. The van der Waals surface area contributed by atoms with Gasteiger partial charge < -0.3 is 19.9 Å². The molecular formula is C28H55NO4S. The minimum Gasteiger partial charge on any atom is -0.395 e. The maximum absolute atomic E-state index is 12.6. The Morgan fingerprint density at radius 3 is 1.97 bits per heavy atom. The molecule has 0 aliphatic carbocycles. The summed E-state index contributed by atoms with van der Waals surface area (Å²) in [6.07, 6.45) is 12.3. The lowest BCUT2D eigenvalue weighted by molar-refractivity contribution is -0.121. The highest BCUT2D eigenvalue weighted by atomic mass is 32.2. The van der Waals surface area contributed by atoms with E-state index in [9.17, 15) is 9.90 Å². The second-order valence-corrected chi connectivity index (χ2v) is 12.0. The number of aliphatic hydroxyl groups excluding tert-OH is 1. The number of allylic oxidation sites excluding steroid dienone is 2. The number of carbonyl (C=O) groups excluding carboxylic acids is 1. The summed E-state index contributed by atoms with van der Waals surface area (Å²) in [7, 11) is 3.25. The van der Waals surface area contributed by atoms with Gasteiger partial charge in [-0.3, -0.25) is 4.79 Å². The van der Waals surface area contributed by atoms with Crippen LogP contribution in [0.25, 0.3) is 0 Å². The Labute approximate surface area is 215 Å². The van der Waals surface area contributed by atoms with Gasteiger partial charge in [-0.1, -0.05) is 72.8 Å². The van der Waals surface area contributed by atoms with Crippen LogP contribution in [0.1, 0.15) is 99.8 Å². The third kappa shape index (κ3) is 17.6. The molecule has 0 aromatic carbocycles. The first-order valence-corrected chi connectivity index (χ1v) is 13.7. The molecule has 1 aliphatic heterocycles. The van der Waals surface area contributed by atoms with Crippen molar-refractivity contribution in [2.75, 3.05) is 34.0 Å². The van der Waals surface area contributed by atoms with Crippen molar-refractivity contribution in [2.24, 2.45) is 5.41 Å². The third-order valence-electron chi connectivity index (χ3n) is 5.60. The van der Waals surface area contributed by atoms with E-state index in [0.29, 0.717) is 5.25 Å². The highest BCUT2D eigenvalue weighted by Gasteiger charge is 2.32. The summed E-state index contributed by atoms with van der Waals surface area (Å²) >= 11 is 1.72. The van der Waals surface area contributed by atoms with Crippen molar-refractivity contribution in [2.45, 2.75) is 110 Å². The van der Waals surface area contributed by atoms with Gasteiger partial charge >= 0.3 is 0 Å². The molecule has 2 N–H and O–H groups in total. The third-order valence-corrected chi connectivity index (χ3v) is 7.18. The first-order valence-electron chi connectivity index (χ1n) is 12.9. The number of thioether (sulfide) groups is 1. The zero-order valence-corrected chi connectivity index (χ0v) is 24.5. The number of hydrogen-bond donors (Lipinski definition) is 2. The molecule has 0 atom stereocenters. The maximum Gasteiger partial charge on any atom is 0.239 e. The van der Waals surface area contributed by atoms with Crippen LogP contribution < -0.4 is 5.32 Å². The van der Waals surface area contributed by atoms with Crippen LogP contribution in [0.5, 0.6) is 0 Å². The van der Waals surface area contributed by atoms with Gasteiger partial charge in [0, 0.05) is 43.8 Å². The Morgan fingerprint density at radius 1 is 1.09 bits per heavy atom. The molecule has 0 bridgehead atoms. The topological polar surface area (TPSA) is 67.8 Å². The number of hydrogen-bond acceptors (Lipinski definition) is 5. The summed E-state index contributed by atoms with van der Waals surface area (Å²) in [6, 6.07) is 0. The molecule has 5 nitrogen and oxygen atoms in total. The fourth-order valence-electron chi connectivity index (χ4n) is 3.04. The van der Waals surface area contributed by atoms with Crippen molar-refractivity contribution in [3.05, 3.63) is 23.9 Å². The molecule has 1 heterocycles. The van der Waals surface area contributed by atoms with E-state index in [0.717, 1.165) is 37.3 Å². The largest absolute Gasteiger partial charge is 0.395 e. The summed E-state index contributed by atoms with van der Waals surface area (Å²) in [5, 5.41) is 12.8. The van der Waals surface area contributed by atoms with Crippen molar-refractivity contribution in [1.29, 1.82) is 0 Å². The number of aliphatic hydroxyl groups is 1. The van der Waals surface area contributed by atoms with E-state index in [1.165, 1.54) is 38.5 Å². The molecule has 34 heavy (non-hydrogen) atoms. The van der Waals surface area contributed by atoms with Crippen LogP contribution in [-0.4, -0.2) is 55.1 Å². The molecule has 1 aliphatic rings. The molecule has 1 saturated heterocycles. The van der Waals surface area contributed by atoms with E-state index >= 15 is 0 Å². The van der Waals surface area contributed by atoms with E-state index in [1.54, 1.807) is 26.0 Å². The molecule has 1 rings (SSSR count). The van der Waals surface area contributed by atoms with Gasteiger partial charge in [0.1, 0.15) is 0 Å². The van der Waals surface area contributed by atoms with Crippen LogP contribution in [0.3, 0.4) is 0 Å². The average Bonchev–Trinajstić information content (AvgIpc) is 2.78. The Balaban J connectivity index is 0. The lowest BCUT2D eigenvalue weighted by Gasteiger charge is -2.30. The molecule has 0 spiro atoms. The van der Waals surface area contributed by atoms with Crippen molar-refractivity contribution in [3.63, 3.8) is 0 Å². The van der Waals surface area contributed by atoms with Crippen LogP contribution in [0.4, 0.5) is 0 Å². The average molecular weight is 502 g/mol. The summed E-state index contributed by atoms with van der Waals surface area (Å²) < 4.78 is 9.13. The smallest absolute Gasteiger partial charge is 0.239 e. The highest BCUT2D eigenvalue weighted by Crippen LogP contribution is 2.34. The molecule has 6 heteroatoms. The molecule has 1 amide bonds. The number of methoxy groups -OCH3 is 1. The Hall–Kier alpha value is -0.820. The van der Waals surface area contributed by atoms with E-state index in [1.807, 2.05) is 40.7 Å². The van der Waals surface area contributed by atoms with E-state index in [-0.39, 0.29) is 12.5 Å². The molecule has 0 radical (unpaired) electrons. The zero-order chi connectivity index (χ0) is 26.6. The maximum atomic E-state index is 12.6. The monoisotopic (exact) mass is 501 g/mol. The number of carbonyl (C=O) groups is 1. The van der Waals surface area contributed by atoms with Crippen LogP contribution >= 0.6 is 11.8 Å². The van der Waals surface area contributed by atoms with Gasteiger partial charge in [-0.15, -0.1) is 11.8 Å². The van der Waals surface area contributed by atoms with E-state index < -0.39 is 10.2 Å². The normalized spacial score (nSPS) is 14.9.